The molecule has 0 radical (unpaired) electrons. The molecule has 0 spiro atoms. The van der Waals surface area contributed by atoms with E-state index >= 15 is 0 Å². The molecule has 0 aromatic carbocycles. The molecule has 3 N–H and O–H groups in total. The Morgan fingerprint density at radius 1 is 1.41 bits per heavy atom. The Bertz CT molecular complexity index is 349. The van der Waals surface area contributed by atoms with Crippen LogP contribution in [0.1, 0.15) is 42.6 Å². The van der Waals surface area contributed by atoms with Crippen molar-refractivity contribution < 1.29 is 13.2 Å². The number of nitrogens with one attached hydrogen (secondary N) is 1. The lowest BCUT2D eigenvalue weighted by Crippen LogP contribution is -2.27. The second-order valence-corrected chi connectivity index (χ2v) is 5.32. The zero-order valence-corrected chi connectivity index (χ0v) is 10.5. The molecule has 7 heteroatoms. The Hall–Kier alpha value is -0.660. The minimum Gasteiger partial charge on any atom is -0.271 e. The van der Waals surface area contributed by atoms with Crippen molar-refractivity contribution in [2.24, 2.45) is 11.8 Å². The van der Waals surface area contributed by atoms with Crippen molar-refractivity contribution in [2.45, 2.75) is 38.9 Å². The quantitative estimate of drug-likeness (QED) is 0.636. The minimum atomic E-state index is -4.37. The Balaban J connectivity index is 2.72. The lowest BCUT2D eigenvalue weighted by molar-refractivity contribution is -0.137. The second kappa shape index (κ2) is 5.79. The zero-order chi connectivity index (χ0) is 13.1. The van der Waals surface area contributed by atoms with Gasteiger partial charge in [-0.25, -0.2) is 4.98 Å². The second-order valence-electron chi connectivity index (χ2n) is 4.26. The van der Waals surface area contributed by atoms with Gasteiger partial charge in [0, 0.05) is 11.1 Å². The highest BCUT2D eigenvalue weighted by molar-refractivity contribution is 7.11. The SMILES string of the molecule is CC(C)CCC(NN)c1cnc(C(F)(F)F)s1. The van der Waals surface area contributed by atoms with Crippen molar-refractivity contribution in [3.05, 3.63) is 16.1 Å². The molecule has 1 atom stereocenters. The van der Waals surface area contributed by atoms with Crippen LogP contribution in [0.4, 0.5) is 13.2 Å². The predicted octanol–water partition coefficient (Wildman–Crippen LogP) is 3.10. The normalized spacial score (nSPS) is 14.3. The molecule has 0 saturated carbocycles. The fourth-order valence-corrected chi connectivity index (χ4v) is 2.26. The Kier molecular flexibility index (Phi) is 4.91. The van der Waals surface area contributed by atoms with Gasteiger partial charge in [0.2, 0.25) is 0 Å². The molecule has 1 unspecified atom stereocenters. The summed E-state index contributed by atoms with van der Waals surface area (Å²) in [4.78, 5) is 3.91. The van der Waals surface area contributed by atoms with Gasteiger partial charge in [-0.05, 0) is 18.8 Å². The van der Waals surface area contributed by atoms with Crippen molar-refractivity contribution in [3.8, 4) is 0 Å². The summed E-state index contributed by atoms with van der Waals surface area (Å²) in [5.41, 5.74) is 2.54. The average Bonchev–Trinajstić information content (AvgIpc) is 2.67. The van der Waals surface area contributed by atoms with E-state index in [1.54, 1.807) is 0 Å². The highest BCUT2D eigenvalue weighted by Gasteiger charge is 2.35. The standard InChI is InChI=1S/C10H16F3N3S/c1-6(2)3-4-7(16-14)8-5-15-9(17-8)10(11,12)13/h5-7,16H,3-4,14H2,1-2H3. The van der Waals surface area contributed by atoms with Gasteiger partial charge in [0.1, 0.15) is 0 Å². The summed E-state index contributed by atoms with van der Waals surface area (Å²) >= 11 is 0.646. The van der Waals surface area contributed by atoms with Crippen molar-refractivity contribution in [1.29, 1.82) is 0 Å². The Morgan fingerprint density at radius 3 is 2.47 bits per heavy atom. The van der Waals surface area contributed by atoms with Gasteiger partial charge >= 0.3 is 6.18 Å². The van der Waals surface area contributed by atoms with Crippen LogP contribution in [-0.4, -0.2) is 4.98 Å². The Morgan fingerprint density at radius 2 is 2.06 bits per heavy atom. The molecule has 98 valence electrons. The van der Waals surface area contributed by atoms with Crippen LogP contribution in [0.2, 0.25) is 0 Å². The van der Waals surface area contributed by atoms with Crippen LogP contribution >= 0.6 is 11.3 Å². The van der Waals surface area contributed by atoms with Gasteiger partial charge in [-0.15, -0.1) is 11.3 Å². The minimum absolute atomic E-state index is 0.258. The van der Waals surface area contributed by atoms with Crippen LogP contribution in [0.3, 0.4) is 0 Å². The summed E-state index contributed by atoms with van der Waals surface area (Å²) < 4.78 is 37.1. The highest BCUT2D eigenvalue weighted by atomic mass is 32.1. The van der Waals surface area contributed by atoms with E-state index in [0.717, 1.165) is 6.42 Å². The lowest BCUT2D eigenvalue weighted by Gasteiger charge is -2.14. The van der Waals surface area contributed by atoms with E-state index in [0.29, 0.717) is 28.6 Å². The smallest absolute Gasteiger partial charge is 0.271 e. The van der Waals surface area contributed by atoms with Gasteiger partial charge in [-0.1, -0.05) is 13.8 Å². The monoisotopic (exact) mass is 267 g/mol. The fourth-order valence-electron chi connectivity index (χ4n) is 1.39. The molecule has 3 nitrogen and oxygen atoms in total. The number of hydrazine groups is 1. The summed E-state index contributed by atoms with van der Waals surface area (Å²) in [6.45, 7) is 4.11. The maximum atomic E-state index is 12.4. The molecule has 1 heterocycles. The molecule has 1 aromatic heterocycles. The summed E-state index contributed by atoms with van der Waals surface area (Å²) in [6, 6.07) is -0.258. The number of nitrogens with zero attached hydrogens (tertiary/aromatic N) is 1. The number of hydrogen-bond acceptors (Lipinski definition) is 4. The van der Waals surface area contributed by atoms with Crippen molar-refractivity contribution >= 4 is 11.3 Å². The van der Waals surface area contributed by atoms with E-state index in [-0.39, 0.29) is 6.04 Å². The third kappa shape index (κ3) is 4.25. The molecule has 0 aliphatic rings. The van der Waals surface area contributed by atoms with Crippen LogP contribution < -0.4 is 11.3 Å². The molecule has 1 rings (SSSR count). The van der Waals surface area contributed by atoms with Crippen molar-refractivity contribution in [1.82, 2.24) is 10.4 Å². The molecule has 17 heavy (non-hydrogen) atoms. The van der Waals surface area contributed by atoms with Gasteiger partial charge < -0.3 is 0 Å². The first-order valence-electron chi connectivity index (χ1n) is 5.33. The molecule has 0 fully saturated rings. The van der Waals surface area contributed by atoms with Gasteiger partial charge in [0.15, 0.2) is 5.01 Å². The number of hydrogen-bond donors (Lipinski definition) is 2. The first-order valence-corrected chi connectivity index (χ1v) is 6.15. The van der Waals surface area contributed by atoms with Crippen LogP contribution in [-0.2, 0) is 6.18 Å². The van der Waals surface area contributed by atoms with Crippen LogP contribution in [0.15, 0.2) is 6.20 Å². The molecule has 0 amide bonds. The van der Waals surface area contributed by atoms with E-state index in [1.807, 2.05) is 0 Å². The van der Waals surface area contributed by atoms with E-state index in [1.165, 1.54) is 6.20 Å². The van der Waals surface area contributed by atoms with Gasteiger partial charge in [0.25, 0.3) is 0 Å². The molecule has 0 saturated heterocycles. The van der Waals surface area contributed by atoms with E-state index in [2.05, 4.69) is 24.3 Å². The number of nitrogens with two attached hydrogens (primary N) is 1. The predicted molar refractivity (Wildman–Crippen MR) is 61.3 cm³/mol. The molecule has 0 bridgehead atoms. The van der Waals surface area contributed by atoms with Crippen LogP contribution in [0.25, 0.3) is 0 Å². The number of halogens is 3. The summed E-state index contributed by atoms with van der Waals surface area (Å²) in [5.74, 6) is 5.84. The van der Waals surface area contributed by atoms with Crippen LogP contribution in [0.5, 0.6) is 0 Å². The topological polar surface area (TPSA) is 50.9 Å². The molecule has 0 aliphatic heterocycles. The maximum absolute atomic E-state index is 12.4. The number of alkyl halides is 3. The lowest BCUT2D eigenvalue weighted by atomic mass is 10.0. The molecular weight excluding hydrogens is 251 g/mol. The third-order valence-electron chi connectivity index (χ3n) is 2.34. The molecule has 0 aliphatic carbocycles. The fraction of sp³-hybridized carbons (Fsp3) is 0.700. The first kappa shape index (κ1) is 14.4. The molecule has 1 aromatic rings. The van der Waals surface area contributed by atoms with Gasteiger partial charge in [-0.3, -0.25) is 11.3 Å². The zero-order valence-electron chi connectivity index (χ0n) is 9.71. The average molecular weight is 267 g/mol. The maximum Gasteiger partial charge on any atom is 0.443 e. The third-order valence-corrected chi connectivity index (χ3v) is 3.50. The Labute approximate surface area is 102 Å². The summed E-state index contributed by atoms with van der Waals surface area (Å²) in [5, 5.41) is -0.822. The van der Waals surface area contributed by atoms with E-state index in [4.69, 9.17) is 5.84 Å². The van der Waals surface area contributed by atoms with Gasteiger partial charge in [-0.2, -0.15) is 13.2 Å². The van der Waals surface area contributed by atoms with Crippen molar-refractivity contribution in [2.75, 3.05) is 0 Å². The largest absolute Gasteiger partial charge is 0.443 e. The number of aromatic nitrogens is 1. The van der Waals surface area contributed by atoms with E-state index < -0.39 is 11.2 Å². The summed E-state index contributed by atoms with van der Waals surface area (Å²) in [7, 11) is 0. The number of rotatable bonds is 5. The van der Waals surface area contributed by atoms with Crippen molar-refractivity contribution in [3.63, 3.8) is 0 Å². The number of thiazole rings is 1. The highest BCUT2D eigenvalue weighted by Crippen LogP contribution is 2.35. The molecular formula is C10H16F3N3S. The van der Waals surface area contributed by atoms with Crippen LogP contribution in [0, 0.1) is 5.92 Å². The van der Waals surface area contributed by atoms with Gasteiger partial charge in [0.05, 0.1) is 6.04 Å². The first-order chi connectivity index (χ1) is 7.84. The summed E-state index contributed by atoms with van der Waals surface area (Å²) in [6.07, 6.45) is -1.53. The van der Waals surface area contributed by atoms with E-state index in [9.17, 15) is 13.2 Å².